The first-order valence-corrected chi connectivity index (χ1v) is 8.37. The third-order valence-corrected chi connectivity index (χ3v) is 4.16. The van der Waals surface area contributed by atoms with Crippen molar-refractivity contribution in [2.24, 2.45) is 0 Å². The van der Waals surface area contributed by atoms with Crippen molar-refractivity contribution in [3.8, 4) is 0 Å². The predicted molar refractivity (Wildman–Crippen MR) is 93.5 cm³/mol. The maximum atomic E-state index is 12.5. The average molecular weight is 342 g/mol. The van der Waals surface area contributed by atoms with Crippen LogP contribution < -0.4 is 10.9 Å². The van der Waals surface area contributed by atoms with E-state index >= 15 is 0 Å². The largest absolute Gasteiger partial charge is 0.379 e. The second kappa shape index (κ2) is 8.09. The van der Waals surface area contributed by atoms with Gasteiger partial charge >= 0.3 is 0 Å². The lowest BCUT2D eigenvalue weighted by Crippen LogP contribution is -2.50. The van der Waals surface area contributed by atoms with Crippen molar-refractivity contribution in [1.82, 2.24) is 10.3 Å². The fourth-order valence-electron chi connectivity index (χ4n) is 2.90. The van der Waals surface area contributed by atoms with Crippen LogP contribution in [0.5, 0.6) is 0 Å². The fourth-order valence-corrected chi connectivity index (χ4v) is 2.90. The number of hydrogen-bond acceptors (Lipinski definition) is 4. The molecule has 0 saturated carbocycles. The van der Waals surface area contributed by atoms with Gasteiger partial charge in [-0.1, -0.05) is 30.3 Å². The first-order chi connectivity index (χ1) is 12.1. The van der Waals surface area contributed by atoms with Crippen molar-refractivity contribution >= 4 is 5.91 Å². The number of hydrogen-bond donors (Lipinski definition) is 2. The number of pyridine rings is 1. The van der Waals surface area contributed by atoms with Crippen molar-refractivity contribution < 1.29 is 14.3 Å². The first kappa shape index (κ1) is 17.4. The molecule has 1 aromatic heterocycles. The van der Waals surface area contributed by atoms with Crippen molar-refractivity contribution in [2.45, 2.75) is 32.1 Å². The zero-order valence-electron chi connectivity index (χ0n) is 14.2. The van der Waals surface area contributed by atoms with Crippen LogP contribution in [0.4, 0.5) is 0 Å². The second-order valence-electron chi connectivity index (χ2n) is 6.19. The highest BCUT2D eigenvalue weighted by atomic mass is 16.5. The molecule has 0 unspecified atom stereocenters. The number of aromatic nitrogens is 1. The molecule has 6 nitrogen and oxygen atoms in total. The molecule has 3 rings (SSSR count). The lowest BCUT2D eigenvalue weighted by Gasteiger charge is -2.32. The fraction of sp³-hybridized carbons (Fsp3) is 0.368. The van der Waals surface area contributed by atoms with Gasteiger partial charge in [0.1, 0.15) is 0 Å². The molecule has 0 aliphatic carbocycles. The number of H-pyrrole nitrogens is 1. The number of benzene rings is 1. The first-order valence-electron chi connectivity index (χ1n) is 8.37. The van der Waals surface area contributed by atoms with Gasteiger partial charge in [-0.25, -0.2) is 0 Å². The molecule has 1 aliphatic heterocycles. The van der Waals surface area contributed by atoms with E-state index in [0.29, 0.717) is 37.5 Å². The summed E-state index contributed by atoms with van der Waals surface area (Å²) < 4.78 is 11.5. The van der Waals surface area contributed by atoms with Crippen molar-refractivity contribution in [3.05, 3.63) is 69.6 Å². The molecule has 0 spiro atoms. The summed E-state index contributed by atoms with van der Waals surface area (Å²) in [6.45, 7) is 3.24. The summed E-state index contributed by atoms with van der Waals surface area (Å²) in [7, 11) is 0. The Hall–Kier alpha value is -2.44. The Morgan fingerprint density at radius 3 is 2.88 bits per heavy atom. The molecule has 1 aromatic carbocycles. The van der Waals surface area contributed by atoms with E-state index in [1.54, 1.807) is 13.0 Å². The molecule has 0 radical (unpaired) electrons. The lowest BCUT2D eigenvalue weighted by molar-refractivity contribution is -0.0605. The van der Waals surface area contributed by atoms with Crippen LogP contribution in [0.3, 0.4) is 0 Å². The van der Waals surface area contributed by atoms with Crippen LogP contribution in [0.15, 0.2) is 47.3 Å². The molecule has 1 amide bonds. The topological polar surface area (TPSA) is 80.4 Å². The number of ether oxygens (including phenoxy) is 2. The number of carbonyl (C=O) groups is 1. The smallest absolute Gasteiger partial charge is 0.251 e. The Morgan fingerprint density at radius 2 is 2.12 bits per heavy atom. The normalized spacial score (nSPS) is 20.2. The Bertz CT molecular complexity index is 772. The minimum Gasteiger partial charge on any atom is -0.379 e. The Morgan fingerprint density at radius 1 is 1.32 bits per heavy atom. The van der Waals surface area contributed by atoms with Crippen molar-refractivity contribution in [2.75, 3.05) is 13.2 Å². The number of carbonyl (C=O) groups excluding carboxylic acids is 1. The molecule has 2 N–H and O–H groups in total. The molecular weight excluding hydrogens is 320 g/mol. The van der Waals surface area contributed by atoms with E-state index < -0.39 is 0 Å². The SMILES string of the molecule is Cc1cc(C(=O)N[C@@H]2COCC[C@@H]2OCc2ccccc2)cc(=O)[nH]1. The van der Waals surface area contributed by atoms with E-state index in [1.807, 2.05) is 30.3 Å². The second-order valence-corrected chi connectivity index (χ2v) is 6.19. The van der Waals surface area contributed by atoms with Crippen LogP contribution in [-0.2, 0) is 16.1 Å². The highest BCUT2D eigenvalue weighted by molar-refractivity contribution is 5.94. The number of rotatable bonds is 5. The summed E-state index contributed by atoms with van der Waals surface area (Å²) >= 11 is 0. The van der Waals surface area contributed by atoms with Crippen LogP contribution in [-0.4, -0.2) is 36.3 Å². The maximum Gasteiger partial charge on any atom is 0.251 e. The van der Waals surface area contributed by atoms with Gasteiger partial charge in [-0.15, -0.1) is 0 Å². The number of aryl methyl sites for hydroxylation is 1. The standard InChI is InChI=1S/C19H22N2O4/c1-13-9-15(10-18(22)20-13)19(23)21-16-12-24-8-7-17(16)25-11-14-5-3-2-4-6-14/h2-6,9-10,16-17H,7-8,11-12H2,1H3,(H,20,22)(H,21,23)/t16-,17+/m1/s1. The van der Waals surface area contributed by atoms with Gasteiger partial charge in [0, 0.05) is 23.9 Å². The van der Waals surface area contributed by atoms with E-state index in [1.165, 1.54) is 6.07 Å². The molecular formula is C19H22N2O4. The minimum atomic E-state index is -0.294. The summed E-state index contributed by atoms with van der Waals surface area (Å²) in [6, 6.07) is 12.6. The summed E-state index contributed by atoms with van der Waals surface area (Å²) in [6.07, 6.45) is 0.590. The molecule has 1 saturated heterocycles. The number of nitrogens with one attached hydrogen (secondary N) is 2. The van der Waals surface area contributed by atoms with E-state index in [0.717, 1.165) is 5.56 Å². The molecule has 0 bridgehead atoms. The summed E-state index contributed by atoms with van der Waals surface area (Å²) in [4.78, 5) is 26.6. The summed E-state index contributed by atoms with van der Waals surface area (Å²) in [5, 5.41) is 2.93. The third-order valence-electron chi connectivity index (χ3n) is 4.16. The van der Waals surface area contributed by atoms with E-state index in [4.69, 9.17) is 9.47 Å². The van der Waals surface area contributed by atoms with Crippen molar-refractivity contribution in [3.63, 3.8) is 0 Å². The lowest BCUT2D eigenvalue weighted by atomic mass is 10.1. The summed E-state index contributed by atoms with van der Waals surface area (Å²) in [5.41, 5.74) is 1.79. The molecule has 25 heavy (non-hydrogen) atoms. The quantitative estimate of drug-likeness (QED) is 0.868. The molecule has 2 aromatic rings. The highest BCUT2D eigenvalue weighted by Crippen LogP contribution is 2.15. The van der Waals surface area contributed by atoms with E-state index in [-0.39, 0.29) is 23.6 Å². The summed E-state index contributed by atoms with van der Waals surface area (Å²) in [5.74, 6) is -0.294. The van der Waals surface area contributed by atoms with Gasteiger partial charge in [-0.3, -0.25) is 9.59 Å². The van der Waals surface area contributed by atoms with Crippen molar-refractivity contribution in [1.29, 1.82) is 0 Å². The minimum absolute atomic E-state index is 0.124. The maximum absolute atomic E-state index is 12.5. The number of aromatic amines is 1. The van der Waals surface area contributed by atoms with Gasteiger partial charge < -0.3 is 19.8 Å². The molecule has 132 valence electrons. The molecule has 2 heterocycles. The van der Waals surface area contributed by atoms with Gasteiger partial charge in [-0.05, 0) is 25.0 Å². The van der Waals surface area contributed by atoms with Crippen LogP contribution >= 0.6 is 0 Å². The third kappa shape index (κ3) is 4.78. The predicted octanol–water partition coefficient (Wildman–Crippen LogP) is 1.79. The Labute approximate surface area is 146 Å². The molecule has 2 atom stereocenters. The van der Waals surface area contributed by atoms with E-state index in [2.05, 4.69) is 10.3 Å². The van der Waals surface area contributed by atoms with Gasteiger partial charge in [0.25, 0.3) is 5.91 Å². The van der Waals surface area contributed by atoms with Crippen LogP contribution in [0.1, 0.15) is 28.0 Å². The zero-order chi connectivity index (χ0) is 17.6. The van der Waals surface area contributed by atoms with E-state index in [9.17, 15) is 9.59 Å². The molecule has 1 fully saturated rings. The molecule has 6 heteroatoms. The monoisotopic (exact) mass is 342 g/mol. The van der Waals surface area contributed by atoms with Gasteiger partial charge in [-0.2, -0.15) is 0 Å². The average Bonchev–Trinajstić information content (AvgIpc) is 2.61. The van der Waals surface area contributed by atoms with Gasteiger partial charge in [0.2, 0.25) is 5.56 Å². The Kier molecular flexibility index (Phi) is 5.63. The number of amides is 1. The van der Waals surface area contributed by atoms with Crippen LogP contribution in [0.25, 0.3) is 0 Å². The Balaban J connectivity index is 1.64. The highest BCUT2D eigenvalue weighted by Gasteiger charge is 2.28. The van der Waals surface area contributed by atoms with Crippen LogP contribution in [0, 0.1) is 6.92 Å². The van der Waals surface area contributed by atoms with Gasteiger partial charge in [0.15, 0.2) is 0 Å². The van der Waals surface area contributed by atoms with Crippen LogP contribution in [0.2, 0.25) is 0 Å². The van der Waals surface area contributed by atoms with Gasteiger partial charge in [0.05, 0.1) is 25.4 Å². The zero-order valence-corrected chi connectivity index (χ0v) is 14.2. The molecule has 1 aliphatic rings.